The minimum absolute atomic E-state index is 0.0611. The van der Waals surface area contributed by atoms with Crippen LogP contribution in [0, 0.1) is 0 Å². The minimum atomic E-state index is -4.32. The summed E-state index contributed by atoms with van der Waals surface area (Å²) in [6, 6.07) is 2.20. The molecule has 0 radical (unpaired) electrons. The van der Waals surface area contributed by atoms with Gasteiger partial charge in [-0.15, -0.1) is 0 Å². The molecule has 204 valence electrons. The first-order valence-corrected chi connectivity index (χ1v) is 12.9. The highest BCUT2D eigenvalue weighted by atomic mass is 19.4. The molecule has 3 aliphatic heterocycles. The normalized spacial score (nSPS) is 26.9. The molecule has 0 aliphatic carbocycles. The van der Waals surface area contributed by atoms with Gasteiger partial charge in [0.15, 0.2) is 5.82 Å². The number of amides is 1. The second-order valence-electron chi connectivity index (χ2n) is 11.5. The number of likely N-dealkylation sites (tertiary alicyclic amines) is 2. The average molecular weight is 525 g/mol. The third-order valence-electron chi connectivity index (χ3n) is 7.94. The fourth-order valence-electron chi connectivity index (χ4n) is 6.16. The molecule has 9 nitrogen and oxygen atoms in total. The van der Waals surface area contributed by atoms with E-state index in [9.17, 15) is 18.0 Å². The maximum absolute atomic E-state index is 14.1. The van der Waals surface area contributed by atoms with Crippen LogP contribution in [-0.4, -0.2) is 79.6 Å². The van der Waals surface area contributed by atoms with Gasteiger partial charge in [-0.05, 0) is 71.4 Å². The molecule has 5 rings (SSSR count). The predicted molar refractivity (Wildman–Crippen MR) is 130 cm³/mol. The van der Waals surface area contributed by atoms with Gasteiger partial charge >= 0.3 is 12.3 Å². The van der Waals surface area contributed by atoms with Crippen molar-refractivity contribution in [3.63, 3.8) is 0 Å². The van der Waals surface area contributed by atoms with E-state index < -0.39 is 29.5 Å². The van der Waals surface area contributed by atoms with Crippen molar-refractivity contribution in [2.45, 2.75) is 94.9 Å². The molecule has 0 aromatic carbocycles. The highest BCUT2D eigenvalue weighted by molar-refractivity contribution is 5.68. The molecule has 12 heteroatoms. The maximum Gasteiger partial charge on any atom is 0.410 e. The van der Waals surface area contributed by atoms with E-state index in [-0.39, 0.29) is 25.2 Å². The molecular weight excluding hydrogens is 489 g/mol. The van der Waals surface area contributed by atoms with Gasteiger partial charge in [0.1, 0.15) is 29.6 Å². The molecule has 1 unspecified atom stereocenters. The molecule has 3 saturated heterocycles. The van der Waals surface area contributed by atoms with Crippen molar-refractivity contribution in [1.82, 2.24) is 24.4 Å². The summed E-state index contributed by atoms with van der Waals surface area (Å²) in [5, 5.41) is 4.27. The summed E-state index contributed by atoms with van der Waals surface area (Å²) in [5.41, 5.74) is 6.21. The number of carbonyl (C=O) groups excluding carboxylic acids is 1. The Morgan fingerprint density at radius 2 is 1.89 bits per heavy atom. The van der Waals surface area contributed by atoms with E-state index in [0.29, 0.717) is 56.5 Å². The predicted octanol–water partition coefficient (Wildman–Crippen LogP) is 4.33. The van der Waals surface area contributed by atoms with Crippen LogP contribution in [0.5, 0.6) is 0 Å². The Labute approximate surface area is 214 Å². The number of hydrogen-bond acceptors (Lipinski definition) is 7. The third kappa shape index (κ3) is 5.09. The Hall–Kier alpha value is -2.60. The second-order valence-corrected chi connectivity index (χ2v) is 11.5. The number of alkyl halides is 3. The smallest absolute Gasteiger partial charge is 0.410 e. The summed E-state index contributed by atoms with van der Waals surface area (Å²) in [6.45, 7) is 6.36. The number of rotatable bonds is 3. The Kier molecular flexibility index (Phi) is 6.54. The monoisotopic (exact) mass is 524 g/mol. The van der Waals surface area contributed by atoms with Crippen molar-refractivity contribution in [3.05, 3.63) is 24.2 Å². The Bertz CT molecular complexity index is 1140. The number of hydrogen-bond donors (Lipinski definition) is 1. The molecule has 3 aliphatic rings. The van der Waals surface area contributed by atoms with Gasteiger partial charge < -0.3 is 20.1 Å². The Balaban J connectivity index is 1.29. The number of nitrogens with zero attached hydrogens (tertiary/aromatic N) is 5. The third-order valence-corrected chi connectivity index (χ3v) is 7.94. The molecule has 0 bridgehead atoms. The van der Waals surface area contributed by atoms with Gasteiger partial charge in [0, 0.05) is 25.2 Å². The molecule has 1 amide bonds. The highest BCUT2D eigenvalue weighted by Gasteiger charge is 2.57. The SMILES string of the molecule is CC(C)(C)OC(=O)N1CCC2(CCC(C(F)(F)F)N2C[C@@H]2CC[C@H](c3ccc4c(N)ncnn34)O2)CC1. The summed E-state index contributed by atoms with van der Waals surface area (Å²) in [6.07, 6.45) is -1.16. The van der Waals surface area contributed by atoms with Gasteiger partial charge in [0.25, 0.3) is 0 Å². The maximum atomic E-state index is 14.1. The van der Waals surface area contributed by atoms with Crippen LogP contribution < -0.4 is 5.73 Å². The molecule has 2 aromatic heterocycles. The minimum Gasteiger partial charge on any atom is -0.444 e. The lowest BCUT2D eigenvalue weighted by atomic mass is 9.85. The number of nitrogen functional groups attached to an aromatic ring is 1. The highest BCUT2D eigenvalue weighted by Crippen LogP contribution is 2.48. The lowest BCUT2D eigenvalue weighted by molar-refractivity contribution is -0.191. The number of piperidine rings is 1. The number of ether oxygens (including phenoxy) is 2. The fourth-order valence-corrected chi connectivity index (χ4v) is 6.16. The lowest BCUT2D eigenvalue weighted by Crippen LogP contribution is -2.59. The van der Waals surface area contributed by atoms with Gasteiger partial charge in [-0.3, -0.25) is 4.90 Å². The molecule has 5 heterocycles. The topological polar surface area (TPSA) is 98.2 Å². The van der Waals surface area contributed by atoms with Crippen molar-refractivity contribution in [2.24, 2.45) is 0 Å². The average Bonchev–Trinajstić information content (AvgIpc) is 3.52. The van der Waals surface area contributed by atoms with Crippen LogP contribution in [0.25, 0.3) is 5.52 Å². The van der Waals surface area contributed by atoms with E-state index in [1.807, 2.05) is 12.1 Å². The van der Waals surface area contributed by atoms with Crippen LogP contribution in [0.1, 0.15) is 71.1 Å². The van der Waals surface area contributed by atoms with Gasteiger partial charge in [-0.1, -0.05) is 0 Å². The summed E-state index contributed by atoms with van der Waals surface area (Å²) >= 11 is 0. The zero-order valence-corrected chi connectivity index (χ0v) is 21.5. The van der Waals surface area contributed by atoms with Crippen molar-refractivity contribution < 1.29 is 27.4 Å². The van der Waals surface area contributed by atoms with E-state index in [4.69, 9.17) is 15.2 Å². The molecule has 3 fully saturated rings. The first kappa shape index (κ1) is 26.0. The second kappa shape index (κ2) is 9.30. The summed E-state index contributed by atoms with van der Waals surface area (Å²) < 4.78 is 55.9. The van der Waals surface area contributed by atoms with E-state index in [1.165, 1.54) is 6.33 Å². The molecule has 37 heavy (non-hydrogen) atoms. The summed E-state index contributed by atoms with van der Waals surface area (Å²) in [7, 11) is 0. The summed E-state index contributed by atoms with van der Waals surface area (Å²) in [5.74, 6) is 0.362. The van der Waals surface area contributed by atoms with Crippen LogP contribution >= 0.6 is 0 Å². The Morgan fingerprint density at radius 3 is 2.57 bits per heavy atom. The van der Waals surface area contributed by atoms with Crippen LogP contribution in [0.2, 0.25) is 0 Å². The fraction of sp³-hybridized carbons (Fsp3) is 0.720. The van der Waals surface area contributed by atoms with Crippen molar-refractivity contribution >= 4 is 17.4 Å². The van der Waals surface area contributed by atoms with E-state index in [2.05, 4.69) is 10.1 Å². The van der Waals surface area contributed by atoms with Crippen LogP contribution in [0.15, 0.2) is 18.5 Å². The largest absolute Gasteiger partial charge is 0.444 e. The summed E-state index contributed by atoms with van der Waals surface area (Å²) in [4.78, 5) is 19.8. The molecule has 2 N–H and O–H groups in total. The van der Waals surface area contributed by atoms with Gasteiger partial charge in [0.05, 0.1) is 11.8 Å². The van der Waals surface area contributed by atoms with Crippen LogP contribution in [0.3, 0.4) is 0 Å². The number of anilines is 1. The van der Waals surface area contributed by atoms with E-state index in [0.717, 1.165) is 5.69 Å². The van der Waals surface area contributed by atoms with Crippen LogP contribution in [0.4, 0.5) is 23.8 Å². The zero-order chi connectivity index (χ0) is 26.6. The first-order valence-electron chi connectivity index (χ1n) is 12.9. The van der Waals surface area contributed by atoms with Gasteiger partial charge in [-0.2, -0.15) is 18.3 Å². The molecular formula is C25H35F3N6O3. The molecule has 3 atom stereocenters. The molecule has 2 aromatic rings. The van der Waals surface area contributed by atoms with Crippen molar-refractivity contribution in [2.75, 3.05) is 25.4 Å². The van der Waals surface area contributed by atoms with Crippen molar-refractivity contribution in [3.8, 4) is 0 Å². The number of halogens is 3. The van der Waals surface area contributed by atoms with E-state index in [1.54, 1.807) is 35.1 Å². The van der Waals surface area contributed by atoms with Gasteiger partial charge in [0.2, 0.25) is 0 Å². The van der Waals surface area contributed by atoms with E-state index >= 15 is 0 Å². The standard InChI is InChI=1S/C25H35F3N6O3/c1-23(2,3)37-22(35)32-12-10-24(11-13-32)9-8-20(25(26,27)28)33(24)14-16-4-7-19(36-16)17-5-6-18-21(29)30-15-31-34(17)18/h5-6,15-16,19-20H,4,7-14H2,1-3H3,(H2,29,30,31)/t16-,19+,20?/m0/s1. The number of nitrogens with two attached hydrogens (primary N) is 1. The molecule has 1 spiro atoms. The number of carbonyl (C=O) groups is 1. The Morgan fingerprint density at radius 1 is 1.16 bits per heavy atom. The van der Waals surface area contributed by atoms with Crippen molar-refractivity contribution in [1.29, 1.82) is 0 Å². The van der Waals surface area contributed by atoms with Crippen LogP contribution in [-0.2, 0) is 9.47 Å². The lowest BCUT2D eigenvalue weighted by Gasteiger charge is -2.47. The number of aromatic nitrogens is 3. The van der Waals surface area contributed by atoms with Gasteiger partial charge in [-0.25, -0.2) is 14.3 Å². The zero-order valence-electron chi connectivity index (χ0n) is 21.5. The first-order chi connectivity index (χ1) is 17.4. The molecule has 0 saturated carbocycles. The number of fused-ring (bicyclic) bond motifs is 1. The quantitative estimate of drug-likeness (QED) is 0.638.